The van der Waals surface area contributed by atoms with Crippen molar-refractivity contribution in [2.45, 2.75) is 38.6 Å². The lowest BCUT2D eigenvalue weighted by atomic mass is 9.83. The summed E-state index contributed by atoms with van der Waals surface area (Å²) in [6.07, 6.45) is 0.391. The number of aliphatic carboxylic acids is 1. The first kappa shape index (κ1) is 15.2. The number of carbonyl (C=O) groups excluding carboxylic acids is 1. The maximum Gasteiger partial charge on any atom is 0.326 e. The summed E-state index contributed by atoms with van der Waals surface area (Å²) in [6.45, 7) is 5.39. The van der Waals surface area contributed by atoms with E-state index in [1.165, 1.54) is 4.90 Å². The Hall–Kier alpha value is -1.84. The average Bonchev–Trinajstić information content (AvgIpc) is 2.39. The van der Waals surface area contributed by atoms with Crippen molar-refractivity contribution in [1.82, 2.24) is 4.90 Å². The van der Waals surface area contributed by atoms with E-state index in [9.17, 15) is 9.59 Å². The molecule has 104 valence electrons. The molecule has 1 aromatic carbocycles. The first-order valence-electron chi connectivity index (χ1n) is 6.38. The second kappa shape index (κ2) is 5.87. The third-order valence-corrected chi connectivity index (χ3v) is 3.49. The summed E-state index contributed by atoms with van der Waals surface area (Å²) in [6, 6.07) is 8.62. The zero-order valence-corrected chi connectivity index (χ0v) is 11.9. The van der Waals surface area contributed by atoms with Crippen LogP contribution in [0.2, 0.25) is 0 Å². The summed E-state index contributed by atoms with van der Waals surface area (Å²) < 4.78 is 0. The number of rotatable bonds is 5. The van der Waals surface area contributed by atoms with E-state index in [0.29, 0.717) is 6.42 Å². The van der Waals surface area contributed by atoms with Gasteiger partial charge in [-0.2, -0.15) is 0 Å². The van der Waals surface area contributed by atoms with Gasteiger partial charge >= 0.3 is 5.97 Å². The molecule has 0 aliphatic carbocycles. The Labute approximate surface area is 114 Å². The zero-order valence-electron chi connectivity index (χ0n) is 11.9. The molecule has 1 amide bonds. The van der Waals surface area contributed by atoms with Gasteiger partial charge in [-0.1, -0.05) is 37.3 Å². The molecule has 19 heavy (non-hydrogen) atoms. The molecule has 4 nitrogen and oxygen atoms in total. The van der Waals surface area contributed by atoms with Crippen molar-refractivity contribution in [2.24, 2.45) is 0 Å². The van der Waals surface area contributed by atoms with Gasteiger partial charge in [-0.3, -0.25) is 4.79 Å². The normalized spacial score (nSPS) is 12.8. The van der Waals surface area contributed by atoms with E-state index in [-0.39, 0.29) is 5.91 Å². The van der Waals surface area contributed by atoms with Gasteiger partial charge in [-0.25, -0.2) is 4.79 Å². The largest absolute Gasteiger partial charge is 0.480 e. The quantitative estimate of drug-likeness (QED) is 0.886. The maximum absolute atomic E-state index is 12.5. The van der Waals surface area contributed by atoms with Crippen LogP contribution < -0.4 is 0 Å². The highest BCUT2D eigenvalue weighted by molar-refractivity contribution is 5.90. The molecule has 0 spiro atoms. The predicted octanol–water partition coefficient (Wildman–Crippen LogP) is 2.29. The molecule has 0 heterocycles. The van der Waals surface area contributed by atoms with Crippen molar-refractivity contribution in [3.05, 3.63) is 35.9 Å². The van der Waals surface area contributed by atoms with Crippen LogP contribution in [0, 0.1) is 0 Å². The van der Waals surface area contributed by atoms with Crippen molar-refractivity contribution >= 4 is 11.9 Å². The lowest BCUT2D eigenvalue weighted by Crippen LogP contribution is -2.49. The highest BCUT2D eigenvalue weighted by Gasteiger charge is 2.36. The Bertz CT molecular complexity index is 454. The molecule has 1 atom stereocenters. The van der Waals surface area contributed by atoms with Crippen LogP contribution in [-0.2, 0) is 15.0 Å². The van der Waals surface area contributed by atoms with E-state index in [2.05, 4.69) is 0 Å². The number of nitrogens with zero attached hydrogens (tertiary/aromatic N) is 1. The number of likely N-dealkylation sites (N-methyl/N-ethyl adjacent to an activating group) is 1. The van der Waals surface area contributed by atoms with Gasteiger partial charge in [0.25, 0.3) is 0 Å². The fourth-order valence-corrected chi connectivity index (χ4v) is 2.17. The van der Waals surface area contributed by atoms with Gasteiger partial charge < -0.3 is 10.0 Å². The minimum Gasteiger partial charge on any atom is -0.480 e. The second-order valence-electron chi connectivity index (χ2n) is 5.17. The monoisotopic (exact) mass is 263 g/mol. The molecule has 0 bridgehead atoms. The molecule has 0 fully saturated rings. The van der Waals surface area contributed by atoms with E-state index in [4.69, 9.17) is 5.11 Å². The van der Waals surface area contributed by atoms with Crippen LogP contribution in [0.25, 0.3) is 0 Å². The zero-order chi connectivity index (χ0) is 14.6. The lowest BCUT2D eigenvalue weighted by Gasteiger charge is -2.32. The molecular weight excluding hydrogens is 242 g/mol. The van der Waals surface area contributed by atoms with Gasteiger partial charge in [0.2, 0.25) is 5.91 Å². The summed E-state index contributed by atoms with van der Waals surface area (Å²) >= 11 is 0. The highest BCUT2D eigenvalue weighted by atomic mass is 16.4. The number of carboxylic acid groups (broad SMARTS) is 1. The number of benzene rings is 1. The van der Waals surface area contributed by atoms with Crippen molar-refractivity contribution in [3.8, 4) is 0 Å². The third kappa shape index (κ3) is 3.13. The van der Waals surface area contributed by atoms with Crippen LogP contribution in [0.5, 0.6) is 0 Å². The first-order chi connectivity index (χ1) is 8.82. The van der Waals surface area contributed by atoms with Gasteiger partial charge in [-0.15, -0.1) is 0 Å². The van der Waals surface area contributed by atoms with Crippen molar-refractivity contribution in [2.75, 3.05) is 7.05 Å². The highest BCUT2D eigenvalue weighted by Crippen LogP contribution is 2.26. The Kier molecular flexibility index (Phi) is 4.70. The fourth-order valence-electron chi connectivity index (χ4n) is 2.17. The molecule has 1 aromatic rings. The van der Waals surface area contributed by atoms with E-state index in [1.54, 1.807) is 14.0 Å². The molecule has 0 saturated heterocycles. The number of carbonyl (C=O) groups is 2. The van der Waals surface area contributed by atoms with Crippen LogP contribution in [0.15, 0.2) is 30.3 Å². The van der Waals surface area contributed by atoms with Crippen LogP contribution in [0.1, 0.15) is 32.8 Å². The van der Waals surface area contributed by atoms with Gasteiger partial charge in [0, 0.05) is 7.05 Å². The van der Waals surface area contributed by atoms with Crippen molar-refractivity contribution in [3.63, 3.8) is 0 Å². The molecule has 0 aromatic heterocycles. The van der Waals surface area contributed by atoms with Crippen LogP contribution in [0.3, 0.4) is 0 Å². The predicted molar refractivity (Wildman–Crippen MR) is 74.0 cm³/mol. The van der Waals surface area contributed by atoms with Gasteiger partial charge in [0.05, 0.1) is 5.41 Å². The van der Waals surface area contributed by atoms with Crippen molar-refractivity contribution < 1.29 is 14.7 Å². The maximum atomic E-state index is 12.5. The Morgan fingerprint density at radius 3 is 2.21 bits per heavy atom. The van der Waals surface area contributed by atoms with E-state index >= 15 is 0 Å². The molecule has 1 unspecified atom stereocenters. The second-order valence-corrected chi connectivity index (χ2v) is 5.17. The Balaban J connectivity index is 3.02. The summed E-state index contributed by atoms with van der Waals surface area (Å²) in [4.78, 5) is 25.0. The minimum atomic E-state index is -0.970. The average molecular weight is 263 g/mol. The standard InChI is InChI=1S/C15H21NO3/c1-5-12(13(17)18)16(4)14(19)15(2,3)11-9-7-6-8-10-11/h6-10,12H,5H2,1-4H3,(H,17,18). The SMILES string of the molecule is CCC(C(=O)O)N(C)C(=O)C(C)(C)c1ccccc1. The summed E-state index contributed by atoms with van der Waals surface area (Å²) in [5.41, 5.74) is 0.144. The number of hydrogen-bond acceptors (Lipinski definition) is 2. The van der Waals surface area contributed by atoms with E-state index in [0.717, 1.165) is 5.56 Å². The van der Waals surface area contributed by atoms with Crippen LogP contribution in [0.4, 0.5) is 0 Å². The molecule has 4 heteroatoms. The van der Waals surface area contributed by atoms with E-state index in [1.807, 2.05) is 44.2 Å². The molecule has 0 aliphatic rings. The molecule has 0 radical (unpaired) electrons. The van der Waals surface area contributed by atoms with Gasteiger partial charge in [-0.05, 0) is 25.8 Å². The minimum absolute atomic E-state index is 0.187. The fraction of sp³-hybridized carbons (Fsp3) is 0.467. The molecule has 1 rings (SSSR count). The summed E-state index contributed by atoms with van der Waals surface area (Å²) in [5.74, 6) is -1.16. The molecule has 1 N–H and O–H groups in total. The van der Waals surface area contributed by atoms with Gasteiger partial charge in [0.1, 0.15) is 6.04 Å². The Morgan fingerprint density at radius 1 is 1.26 bits per heavy atom. The van der Waals surface area contributed by atoms with Gasteiger partial charge in [0.15, 0.2) is 0 Å². The third-order valence-electron chi connectivity index (χ3n) is 3.49. The summed E-state index contributed by atoms with van der Waals surface area (Å²) in [5, 5.41) is 9.13. The number of carboxylic acids is 1. The Morgan fingerprint density at radius 2 is 1.79 bits per heavy atom. The van der Waals surface area contributed by atoms with E-state index < -0.39 is 17.4 Å². The molecular formula is C15H21NO3. The number of hydrogen-bond donors (Lipinski definition) is 1. The first-order valence-corrected chi connectivity index (χ1v) is 6.38. The van der Waals surface area contributed by atoms with Crippen LogP contribution in [-0.4, -0.2) is 35.0 Å². The molecule has 0 saturated carbocycles. The lowest BCUT2D eigenvalue weighted by molar-refractivity contribution is -0.151. The number of amides is 1. The topological polar surface area (TPSA) is 57.6 Å². The van der Waals surface area contributed by atoms with Crippen molar-refractivity contribution in [1.29, 1.82) is 0 Å². The van der Waals surface area contributed by atoms with Crippen LogP contribution >= 0.6 is 0 Å². The smallest absolute Gasteiger partial charge is 0.326 e. The molecule has 0 aliphatic heterocycles. The summed E-state index contributed by atoms with van der Waals surface area (Å²) in [7, 11) is 1.55.